The third-order valence-electron chi connectivity index (χ3n) is 1.96. The zero-order valence-corrected chi connectivity index (χ0v) is 7.25. The molecule has 0 aliphatic carbocycles. The van der Waals surface area contributed by atoms with Gasteiger partial charge in [0, 0.05) is 5.39 Å². The Labute approximate surface area is 75.1 Å². The highest BCUT2D eigenvalue weighted by molar-refractivity contribution is 5.78. The van der Waals surface area contributed by atoms with Gasteiger partial charge in [-0.05, 0) is 19.1 Å². The van der Waals surface area contributed by atoms with Crippen molar-refractivity contribution in [3.8, 4) is 0 Å². The second-order valence-corrected chi connectivity index (χ2v) is 3.10. The molecular formula is C10H10FNO. The molecule has 2 aromatic rings. The van der Waals surface area contributed by atoms with Crippen molar-refractivity contribution in [3.63, 3.8) is 0 Å². The van der Waals surface area contributed by atoms with E-state index in [0.29, 0.717) is 5.76 Å². The second kappa shape index (κ2) is 2.85. The topological polar surface area (TPSA) is 39.2 Å². The van der Waals surface area contributed by atoms with Crippen LogP contribution in [0.2, 0.25) is 0 Å². The Hall–Kier alpha value is -1.35. The van der Waals surface area contributed by atoms with Crippen LogP contribution in [0.3, 0.4) is 0 Å². The van der Waals surface area contributed by atoms with Crippen molar-refractivity contribution in [3.05, 3.63) is 35.8 Å². The molecule has 1 heterocycles. The molecular weight excluding hydrogens is 169 g/mol. The Kier molecular flexibility index (Phi) is 1.81. The molecule has 0 fully saturated rings. The van der Waals surface area contributed by atoms with Gasteiger partial charge in [-0.1, -0.05) is 12.1 Å². The van der Waals surface area contributed by atoms with Crippen LogP contribution in [0.5, 0.6) is 0 Å². The van der Waals surface area contributed by atoms with Crippen LogP contribution in [0.15, 0.2) is 28.7 Å². The van der Waals surface area contributed by atoms with E-state index in [1.165, 1.54) is 6.07 Å². The molecule has 2 rings (SSSR count). The Morgan fingerprint density at radius 3 is 2.85 bits per heavy atom. The fourth-order valence-electron chi connectivity index (χ4n) is 1.27. The molecule has 0 bridgehead atoms. The smallest absolute Gasteiger partial charge is 0.169 e. The van der Waals surface area contributed by atoms with E-state index in [1.54, 1.807) is 25.1 Å². The standard InChI is InChI=1S/C10H10FNO/c1-6(12)9-5-7-3-2-4-8(11)10(7)13-9/h2-6H,12H2,1H3/t6-/m0/s1. The third-order valence-corrected chi connectivity index (χ3v) is 1.96. The molecule has 1 aromatic heterocycles. The largest absolute Gasteiger partial charge is 0.456 e. The number of nitrogens with two attached hydrogens (primary N) is 1. The van der Waals surface area contributed by atoms with E-state index in [9.17, 15) is 4.39 Å². The maximum Gasteiger partial charge on any atom is 0.169 e. The Morgan fingerprint density at radius 1 is 1.46 bits per heavy atom. The first-order valence-corrected chi connectivity index (χ1v) is 4.12. The molecule has 0 spiro atoms. The van der Waals surface area contributed by atoms with Gasteiger partial charge in [-0.25, -0.2) is 4.39 Å². The van der Waals surface area contributed by atoms with Crippen LogP contribution in [0, 0.1) is 5.82 Å². The minimum absolute atomic E-state index is 0.202. The highest BCUT2D eigenvalue weighted by atomic mass is 19.1. The van der Waals surface area contributed by atoms with Crippen LogP contribution in [-0.2, 0) is 0 Å². The van der Waals surface area contributed by atoms with Crippen LogP contribution in [-0.4, -0.2) is 0 Å². The lowest BCUT2D eigenvalue weighted by molar-refractivity contribution is 0.493. The van der Waals surface area contributed by atoms with E-state index in [2.05, 4.69) is 0 Å². The Bertz CT molecular complexity index is 433. The molecule has 0 saturated carbocycles. The Balaban J connectivity index is 2.68. The highest BCUT2D eigenvalue weighted by Crippen LogP contribution is 2.24. The molecule has 3 heteroatoms. The molecule has 1 aromatic carbocycles. The Morgan fingerprint density at radius 2 is 2.23 bits per heavy atom. The highest BCUT2D eigenvalue weighted by Gasteiger charge is 2.09. The summed E-state index contributed by atoms with van der Waals surface area (Å²) in [6.45, 7) is 1.80. The molecule has 0 aliphatic heterocycles. The maximum atomic E-state index is 13.1. The van der Waals surface area contributed by atoms with E-state index in [4.69, 9.17) is 10.2 Å². The number of benzene rings is 1. The van der Waals surface area contributed by atoms with Crippen LogP contribution in [0.4, 0.5) is 4.39 Å². The minimum atomic E-state index is -0.343. The molecule has 68 valence electrons. The van der Waals surface area contributed by atoms with Crippen molar-refractivity contribution < 1.29 is 8.81 Å². The zero-order chi connectivity index (χ0) is 9.42. The van der Waals surface area contributed by atoms with Gasteiger partial charge in [0.25, 0.3) is 0 Å². The molecule has 0 amide bonds. The number of hydrogen-bond donors (Lipinski definition) is 1. The summed E-state index contributed by atoms with van der Waals surface area (Å²) in [5.74, 6) is 0.268. The van der Waals surface area contributed by atoms with Crippen LogP contribution < -0.4 is 5.73 Å². The first-order chi connectivity index (χ1) is 6.18. The van der Waals surface area contributed by atoms with Crippen molar-refractivity contribution >= 4 is 11.0 Å². The van der Waals surface area contributed by atoms with Gasteiger partial charge in [0.1, 0.15) is 5.76 Å². The number of para-hydroxylation sites is 1. The van der Waals surface area contributed by atoms with E-state index in [1.807, 2.05) is 0 Å². The zero-order valence-electron chi connectivity index (χ0n) is 7.25. The van der Waals surface area contributed by atoms with Gasteiger partial charge in [0.15, 0.2) is 11.4 Å². The number of halogens is 1. The number of fused-ring (bicyclic) bond motifs is 1. The second-order valence-electron chi connectivity index (χ2n) is 3.10. The number of rotatable bonds is 1. The minimum Gasteiger partial charge on any atom is -0.456 e. The van der Waals surface area contributed by atoms with Crippen molar-refractivity contribution in [2.75, 3.05) is 0 Å². The van der Waals surface area contributed by atoms with E-state index in [0.717, 1.165) is 5.39 Å². The summed E-state index contributed by atoms with van der Waals surface area (Å²) in [4.78, 5) is 0. The van der Waals surface area contributed by atoms with Crippen molar-refractivity contribution in [1.82, 2.24) is 0 Å². The summed E-state index contributed by atoms with van der Waals surface area (Å²) in [7, 11) is 0. The molecule has 0 aliphatic rings. The fourth-order valence-corrected chi connectivity index (χ4v) is 1.27. The summed E-state index contributed by atoms with van der Waals surface area (Å²) < 4.78 is 18.4. The monoisotopic (exact) mass is 179 g/mol. The van der Waals surface area contributed by atoms with Gasteiger partial charge < -0.3 is 10.2 Å². The summed E-state index contributed by atoms with van der Waals surface area (Å²) in [6.07, 6.45) is 0. The average molecular weight is 179 g/mol. The van der Waals surface area contributed by atoms with Gasteiger partial charge in [0.2, 0.25) is 0 Å². The molecule has 0 radical (unpaired) electrons. The van der Waals surface area contributed by atoms with Gasteiger partial charge in [-0.2, -0.15) is 0 Å². The van der Waals surface area contributed by atoms with Gasteiger partial charge in [-0.15, -0.1) is 0 Å². The van der Waals surface area contributed by atoms with Crippen molar-refractivity contribution in [1.29, 1.82) is 0 Å². The van der Waals surface area contributed by atoms with Crippen LogP contribution in [0.1, 0.15) is 18.7 Å². The summed E-state index contributed by atoms with van der Waals surface area (Å²) in [5, 5.41) is 0.757. The molecule has 2 N–H and O–H groups in total. The van der Waals surface area contributed by atoms with E-state index < -0.39 is 0 Å². The van der Waals surface area contributed by atoms with E-state index >= 15 is 0 Å². The lowest BCUT2D eigenvalue weighted by Crippen LogP contribution is -2.02. The van der Waals surface area contributed by atoms with Crippen molar-refractivity contribution in [2.24, 2.45) is 5.73 Å². The molecule has 0 saturated heterocycles. The SMILES string of the molecule is C[C@H](N)c1cc2cccc(F)c2o1. The first kappa shape index (κ1) is 8.26. The maximum absolute atomic E-state index is 13.1. The molecule has 2 nitrogen and oxygen atoms in total. The third kappa shape index (κ3) is 1.31. The van der Waals surface area contributed by atoms with Gasteiger partial charge >= 0.3 is 0 Å². The lowest BCUT2D eigenvalue weighted by atomic mass is 10.2. The predicted octanol–water partition coefficient (Wildman–Crippen LogP) is 2.59. The van der Waals surface area contributed by atoms with E-state index in [-0.39, 0.29) is 17.4 Å². The molecule has 13 heavy (non-hydrogen) atoms. The normalized spacial score (nSPS) is 13.5. The molecule has 1 atom stereocenters. The van der Waals surface area contributed by atoms with Gasteiger partial charge in [0.05, 0.1) is 6.04 Å². The summed E-state index contributed by atoms with van der Waals surface area (Å²) >= 11 is 0. The number of hydrogen-bond acceptors (Lipinski definition) is 2. The predicted molar refractivity (Wildman–Crippen MR) is 48.8 cm³/mol. The summed E-state index contributed by atoms with van der Waals surface area (Å²) in [5.41, 5.74) is 5.90. The summed E-state index contributed by atoms with van der Waals surface area (Å²) in [6, 6.07) is 6.39. The van der Waals surface area contributed by atoms with Crippen LogP contribution in [0.25, 0.3) is 11.0 Å². The van der Waals surface area contributed by atoms with Gasteiger partial charge in [-0.3, -0.25) is 0 Å². The molecule has 0 unspecified atom stereocenters. The fraction of sp³-hybridized carbons (Fsp3) is 0.200. The lowest BCUT2D eigenvalue weighted by Gasteiger charge is -1.96. The number of furan rings is 1. The first-order valence-electron chi connectivity index (χ1n) is 4.12. The van der Waals surface area contributed by atoms with Crippen LogP contribution >= 0.6 is 0 Å². The quantitative estimate of drug-likeness (QED) is 0.730. The van der Waals surface area contributed by atoms with Crippen molar-refractivity contribution in [2.45, 2.75) is 13.0 Å². The average Bonchev–Trinajstić information content (AvgIpc) is 2.49.